The standard InChI is InChI=1S/C13H9Cl2N3O3S/c1-7-2-4-8(5-3-7)22(19,20)18-12-10(15)6-9(14)11-13(12)17-21-16-11/h2-6,18H,1H3. The van der Waals surface area contributed by atoms with Crippen LogP contribution < -0.4 is 4.72 Å². The molecule has 0 radical (unpaired) electrons. The third kappa shape index (κ3) is 2.63. The molecule has 9 heteroatoms. The number of fused-ring (bicyclic) bond motifs is 1. The van der Waals surface area contributed by atoms with E-state index in [9.17, 15) is 8.42 Å². The second-order valence-electron chi connectivity index (χ2n) is 4.60. The van der Waals surface area contributed by atoms with Crippen molar-refractivity contribution in [3.8, 4) is 0 Å². The number of rotatable bonds is 3. The largest absolute Gasteiger partial charge is 0.276 e. The molecule has 1 N–H and O–H groups in total. The summed E-state index contributed by atoms with van der Waals surface area (Å²) in [5.41, 5.74) is 1.40. The highest BCUT2D eigenvalue weighted by Gasteiger charge is 2.21. The Hall–Kier alpha value is -1.83. The number of hydrogen-bond acceptors (Lipinski definition) is 5. The second-order valence-corrected chi connectivity index (χ2v) is 7.09. The fraction of sp³-hybridized carbons (Fsp3) is 0.0769. The minimum atomic E-state index is -3.82. The summed E-state index contributed by atoms with van der Waals surface area (Å²) >= 11 is 12.0. The molecular formula is C13H9Cl2N3O3S. The van der Waals surface area contributed by atoms with Crippen LogP contribution in [0.3, 0.4) is 0 Å². The van der Waals surface area contributed by atoms with Gasteiger partial charge in [-0.05, 0) is 35.4 Å². The summed E-state index contributed by atoms with van der Waals surface area (Å²) < 4.78 is 31.9. The molecule has 0 fully saturated rings. The number of anilines is 1. The van der Waals surface area contributed by atoms with Crippen molar-refractivity contribution in [2.45, 2.75) is 11.8 Å². The van der Waals surface area contributed by atoms with Crippen molar-refractivity contribution in [1.82, 2.24) is 10.3 Å². The van der Waals surface area contributed by atoms with E-state index in [1.807, 2.05) is 6.92 Å². The molecule has 0 unspecified atom stereocenters. The third-order valence-electron chi connectivity index (χ3n) is 3.01. The smallest absolute Gasteiger partial charge is 0.262 e. The number of aryl methyl sites for hydroxylation is 1. The number of nitrogens with zero attached hydrogens (tertiary/aromatic N) is 2. The van der Waals surface area contributed by atoms with Crippen molar-refractivity contribution < 1.29 is 13.0 Å². The molecule has 0 aliphatic heterocycles. The number of aromatic nitrogens is 2. The maximum atomic E-state index is 12.4. The molecule has 0 aliphatic rings. The molecule has 3 rings (SSSR count). The van der Waals surface area contributed by atoms with E-state index in [2.05, 4.69) is 19.7 Å². The topological polar surface area (TPSA) is 85.1 Å². The maximum absolute atomic E-state index is 12.4. The normalized spacial score (nSPS) is 11.8. The molecule has 2 aromatic carbocycles. The molecule has 6 nitrogen and oxygen atoms in total. The van der Waals surface area contributed by atoms with E-state index >= 15 is 0 Å². The zero-order chi connectivity index (χ0) is 15.9. The lowest BCUT2D eigenvalue weighted by Crippen LogP contribution is -2.13. The monoisotopic (exact) mass is 357 g/mol. The minimum Gasteiger partial charge on any atom is -0.276 e. The number of halogens is 2. The first-order valence-corrected chi connectivity index (χ1v) is 8.32. The molecule has 0 amide bonds. The fourth-order valence-corrected chi connectivity index (χ4v) is 3.56. The van der Waals surface area contributed by atoms with E-state index in [-0.39, 0.29) is 31.7 Å². The summed E-state index contributed by atoms with van der Waals surface area (Å²) in [6, 6.07) is 7.78. The Bertz CT molecular complexity index is 953. The molecular weight excluding hydrogens is 349 g/mol. The van der Waals surface area contributed by atoms with E-state index in [0.29, 0.717) is 0 Å². The van der Waals surface area contributed by atoms with Crippen LogP contribution in [0.2, 0.25) is 10.0 Å². The molecule has 3 aromatic rings. The third-order valence-corrected chi connectivity index (χ3v) is 4.96. The molecule has 0 atom stereocenters. The van der Waals surface area contributed by atoms with Gasteiger partial charge in [-0.1, -0.05) is 40.9 Å². The van der Waals surface area contributed by atoms with Gasteiger partial charge in [-0.15, -0.1) is 0 Å². The van der Waals surface area contributed by atoms with Gasteiger partial charge in [-0.25, -0.2) is 13.0 Å². The predicted octanol–water partition coefficient (Wildman–Crippen LogP) is 3.64. The Morgan fingerprint density at radius 3 is 2.36 bits per heavy atom. The van der Waals surface area contributed by atoms with Gasteiger partial charge in [0.05, 0.1) is 20.6 Å². The van der Waals surface area contributed by atoms with Crippen LogP contribution in [-0.4, -0.2) is 18.7 Å². The Labute approximate surface area is 136 Å². The Balaban J connectivity index is 2.10. The number of benzene rings is 2. The van der Waals surface area contributed by atoms with Crippen LogP contribution in [0.15, 0.2) is 39.9 Å². The van der Waals surface area contributed by atoms with Gasteiger partial charge in [0, 0.05) is 0 Å². The van der Waals surface area contributed by atoms with Gasteiger partial charge in [-0.2, -0.15) is 0 Å². The van der Waals surface area contributed by atoms with Gasteiger partial charge in [0.15, 0.2) is 11.0 Å². The highest BCUT2D eigenvalue weighted by Crippen LogP contribution is 2.35. The van der Waals surface area contributed by atoms with Gasteiger partial charge < -0.3 is 0 Å². The summed E-state index contributed by atoms with van der Waals surface area (Å²) in [7, 11) is -3.82. The summed E-state index contributed by atoms with van der Waals surface area (Å²) in [6.07, 6.45) is 0. The van der Waals surface area contributed by atoms with Crippen LogP contribution in [0, 0.1) is 6.92 Å². The van der Waals surface area contributed by atoms with Crippen LogP contribution in [0.1, 0.15) is 5.56 Å². The molecule has 0 saturated heterocycles. The lowest BCUT2D eigenvalue weighted by Gasteiger charge is -2.10. The highest BCUT2D eigenvalue weighted by molar-refractivity contribution is 7.92. The number of hydrogen-bond donors (Lipinski definition) is 1. The van der Waals surface area contributed by atoms with Crippen molar-refractivity contribution >= 4 is 49.9 Å². The zero-order valence-corrected chi connectivity index (χ0v) is 13.5. The van der Waals surface area contributed by atoms with Gasteiger partial charge in [0.1, 0.15) is 0 Å². The van der Waals surface area contributed by atoms with Crippen LogP contribution >= 0.6 is 23.2 Å². The van der Waals surface area contributed by atoms with Crippen molar-refractivity contribution in [1.29, 1.82) is 0 Å². The molecule has 0 spiro atoms. The first kappa shape index (κ1) is 15.1. The van der Waals surface area contributed by atoms with E-state index in [1.165, 1.54) is 18.2 Å². The van der Waals surface area contributed by atoms with Crippen molar-refractivity contribution in [2.24, 2.45) is 0 Å². The summed E-state index contributed by atoms with van der Waals surface area (Å²) in [6.45, 7) is 1.87. The molecule has 22 heavy (non-hydrogen) atoms. The summed E-state index contributed by atoms with van der Waals surface area (Å²) in [4.78, 5) is 0.105. The van der Waals surface area contributed by atoms with Crippen LogP contribution in [0.25, 0.3) is 11.0 Å². The highest BCUT2D eigenvalue weighted by atomic mass is 35.5. The van der Waals surface area contributed by atoms with E-state index in [4.69, 9.17) is 23.2 Å². The number of sulfonamides is 1. The molecule has 0 bridgehead atoms. The lowest BCUT2D eigenvalue weighted by molar-refractivity contribution is 0.315. The summed E-state index contributed by atoms with van der Waals surface area (Å²) in [5.74, 6) is 0. The lowest BCUT2D eigenvalue weighted by atomic mass is 10.2. The van der Waals surface area contributed by atoms with E-state index < -0.39 is 10.0 Å². The average Bonchev–Trinajstić information content (AvgIpc) is 2.94. The Morgan fingerprint density at radius 2 is 1.68 bits per heavy atom. The van der Waals surface area contributed by atoms with Gasteiger partial charge in [0.25, 0.3) is 10.0 Å². The van der Waals surface area contributed by atoms with Crippen molar-refractivity contribution in [2.75, 3.05) is 4.72 Å². The molecule has 1 heterocycles. The molecule has 0 saturated carbocycles. The minimum absolute atomic E-state index is 0.0721. The van der Waals surface area contributed by atoms with Crippen LogP contribution in [-0.2, 0) is 10.0 Å². The van der Waals surface area contributed by atoms with E-state index in [0.717, 1.165) is 5.56 Å². The van der Waals surface area contributed by atoms with Crippen LogP contribution in [0.4, 0.5) is 5.69 Å². The first-order chi connectivity index (χ1) is 10.4. The van der Waals surface area contributed by atoms with Crippen LogP contribution in [0.5, 0.6) is 0 Å². The van der Waals surface area contributed by atoms with Gasteiger partial charge in [0.2, 0.25) is 0 Å². The SMILES string of the molecule is Cc1ccc(S(=O)(=O)Nc2c(Cl)cc(Cl)c3nonc23)cc1. The first-order valence-electron chi connectivity index (χ1n) is 6.08. The summed E-state index contributed by atoms with van der Waals surface area (Å²) in [5, 5.41) is 7.60. The Kier molecular flexibility index (Phi) is 3.72. The Morgan fingerprint density at radius 1 is 1.05 bits per heavy atom. The van der Waals surface area contributed by atoms with Crippen molar-refractivity contribution in [3.63, 3.8) is 0 Å². The predicted molar refractivity (Wildman–Crippen MR) is 83.8 cm³/mol. The quantitative estimate of drug-likeness (QED) is 0.773. The van der Waals surface area contributed by atoms with Gasteiger partial charge >= 0.3 is 0 Å². The fourth-order valence-electron chi connectivity index (χ4n) is 1.88. The average molecular weight is 358 g/mol. The zero-order valence-electron chi connectivity index (χ0n) is 11.2. The molecule has 0 aliphatic carbocycles. The van der Waals surface area contributed by atoms with Crippen molar-refractivity contribution in [3.05, 3.63) is 45.9 Å². The van der Waals surface area contributed by atoms with E-state index in [1.54, 1.807) is 12.1 Å². The van der Waals surface area contributed by atoms with Gasteiger partial charge in [-0.3, -0.25) is 4.72 Å². The number of nitrogens with one attached hydrogen (secondary N) is 1. The molecule has 114 valence electrons. The maximum Gasteiger partial charge on any atom is 0.262 e. The second kappa shape index (κ2) is 5.42. The molecule has 1 aromatic heterocycles.